The van der Waals surface area contributed by atoms with Gasteiger partial charge < -0.3 is 10.6 Å². The number of nitrogens with one attached hydrogen (secondary N) is 3. The van der Waals surface area contributed by atoms with Gasteiger partial charge in [-0.25, -0.2) is 17.5 Å². The lowest BCUT2D eigenvalue weighted by molar-refractivity contribution is -0.120. The van der Waals surface area contributed by atoms with Crippen molar-refractivity contribution in [2.75, 3.05) is 19.6 Å². The van der Waals surface area contributed by atoms with Gasteiger partial charge in [-0.05, 0) is 48.2 Å². The number of benzene rings is 2. The zero-order valence-corrected chi connectivity index (χ0v) is 18.7. The predicted octanol–water partition coefficient (Wildman–Crippen LogP) is 2.47. The number of aryl methyl sites for hydroxylation is 1. The third-order valence-electron chi connectivity index (χ3n) is 4.67. The largest absolute Gasteiger partial charge is 0.354 e. The van der Waals surface area contributed by atoms with E-state index < -0.39 is 21.7 Å². The van der Waals surface area contributed by atoms with Crippen molar-refractivity contribution in [1.29, 1.82) is 0 Å². The molecule has 3 N–H and O–H groups in total. The fourth-order valence-corrected chi connectivity index (χ4v) is 3.75. The predicted molar refractivity (Wildman–Crippen MR) is 117 cm³/mol. The van der Waals surface area contributed by atoms with E-state index in [4.69, 9.17) is 0 Å². The highest BCUT2D eigenvalue weighted by atomic mass is 32.2. The number of halogens is 1. The topological polar surface area (TPSA) is 104 Å². The fraction of sp³-hybridized carbons (Fsp3) is 0.364. The lowest BCUT2D eigenvalue weighted by atomic mass is 10.0. The van der Waals surface area contributed by atoms with Crippen molar-refractivity contribution in [2.45, 2.75) is 38.0 Å². The van der Waals surface area contributed by atoms with Crippen molar-refractivity contribution >= 4 is 21.8 Å². The van der Waals surface area contributed by atoms with Crippen LogP contribution in [-0.4, -0.2) is 39.9 Å². The molecule has 0 spiro atoms. The summed E-state index contributed by atoms with van der Waals surface area (Å²) in [6.07, 6.45) is -0.0412. The SMILES string of the molecule is Cc1ccc(C(=O)NCCNC(=O)CCNS(=O)(=O)c2ccc(C(C)C)cc2)cc1F. The van der Waals surface area contributed by atoms with Gasteiger partial charge in [0.05, 0.1) is 4.90 Å². The highest BCUT2D eigenvalue weighted by molar-refractivity contribution is 7.89. The molecule has 0 heterocycles. The molecule has 0 bridgehead atoms. The summed E-state index contributed by atoms with van der Waals surface area (Å²) >= 11 is 0. The summed E-state index contributed by atoms with van der Waals surface area (Å²) in [5.41, 5.74) is 1.69. The first-order chi connectivity index (χ1) is 14.6. The van der Waals surface area contributed by atoms with Crippen LogP contribution in [0.4, 0.5) is 4.39 Å². The van der Waals surface area contributed by atoms with Crippen molar-refractivity contribution in [3.63, 3.8) is 0 Å². The van der Waals surface area contributed by atoms with Gasteiger partial charge in [-0.1, -0.05) is 32.0 Å². The van der Waals surface area contributed by atoms with Gasteiger partial charge in [-0.15, -0.1) is 0 Å². The first kappa shape index (κ1) is 24.5. The van der Waals surface area contributed by atoms with Crippen LogP contribution < -0.4 is 15.4 Å². The number of rotatable bonds is 10. The van der Waals surface area contributed by atoms with Crippen LogP contribution in [0.2, 0.25) is 0 Å². The molecule has 2 aromatic carbocycles. The summed E-state index contributed by atoms with van der Waals surface area (Å²) in [7, 11) is -3.69. The average Bonchev–Trinajstić information content (AvgIpc) is 2.73. The summed E-state index contributed by atoms with van der Waals surface area (Å²) in [6, 6.07) is 10.8. The van der Waals surface area contributed by atoms with E-state index in [0.717, 1.165) is 11.6 Å². The van der Waals surface area contributed by atoms with Crippen molar-refractivity contribution in [3.8, 4) is 0 Å². The Kier molecular flexibility index (Phi) is 8.70. The molecule has 0 aliphatic carbocycles. The van der Waals surface area contributed by atoms with Crippen LogP contribution in [0.15, 0.2) is 47.4 Å². The standard InChI is InChI=1S/C22H28FN3O4S/c1-15(2)17-6-8-19(9-7-17)31(29,30)26-11-10-21(27)24-12-13-25-22(28)18-5-4-16(3)20(23)14-18/h4-9,14-15,26H,10-13H2,1-3H3,(H,24,27)(H,25,28). The number of hydrogen-bond donors (Lipinski definition) is 3. The van der Waals surface area contributed by atoms with E-state index in [1.165, 1.54) is 12.1 Å². The molecule has 31 heavy (non-hydrogen) atoms. The van der Waals surface area contributed by atoms with Crippen molar-refractivity contribution in [3.05, 3.63) is 65.0 Å². The molecule has 0 radical (unpaired) electrons. The zero-order valence-electron chi connectivity index (χ0n) is 17.9. The van der Waals surface area contributed by atoms with Crippen LogP contribution in [0.1, 0.15) is 47.7 Å². The molecule has 0 aromatic heterocycles. The summed E-state index contributed by atoms with van der Waals surface area (Å²) in [5, 5.41) is 5.18. The Balaban J connectivity index is 1.69. The van der Waals surface area contributed by atoms with E-state index in [1.807, 2.05) is 13.8 Å². The number of carbonyl (C=O) groups excluding carboxylic acids is 2. The van der Waals surface area contributed by atoms with Crippen LogP contribution in [0.25, 0.3) is 0 Å². The zero-order chi connectivity index (χ0) is 23.0. The van der Waals surface area contributed by atoms with Crippen LogP contribution in [0.3, 0.4) is 0 Å². The molecule has 0 aliphatic heterocycles. The highest BCUT2D eigenvalue weighted by Gasteiger charge is 2.14. The van der Waals surface area contributed by atoms with Gasteiger partial charge >= 0.3 is 0 Å². The third kappa shape index (κ3) is 7.45. The van der Waals surface area contributed by atoms with E-state index in [1.54, 1.807) is 31.2 Å². The molecule has 7 nitrogen and oxygen atoms in total. The van der Waals surface area contributed by atoms with Gasteiger partial charge in [0.15, 0.2) is 0 Å². The third-order valence-corrected chi connectivity index (χ3v) is 6.14. The maximum atomic E-state index is 13.5. The summed E-state index contributed by atoms with van der Waals surface area (Å²) in [4.78, 5) is 24.0. The molecular weight excluding hydrogens is 421 g/mol. The first-order valence-corrected chi connectivity index (χ1v) is 11.5. The van der Waals surface area contributed by atoms with E-state index >= 15 is 0 Å². The minimum absolute atomic E-state index is 0.0412. The maximum Gasteiger partial charge on any atom is 0.251 e. The van der Waals surface area contributed by atoms with Gasteiger partial charge in [-0.3, -0.25) is 9.59 Å². The Morgan fingerprint density at radius 3 is 2.23 bits per heavy atom. The molecule has 0 saturated heterocycles. The molecule has 2 aromatic rings. The van der Waals surface area contributed by atoms with E-state index in [-0.39, 0.29) is 42.4 Å². The van der Waals surface area contributed by atoms with Crippen molar-refractivity contribution in [1.82, 2.24) is 15.4 Å². The monoisotopic (exact) mass is 449 g/mol. The number of carbonyl (C=O) groups is 2. The summed E-state index contributed by atoms with van der Waals surface area (Å²) in [5.74, 6) is -0.951. The minimum atomic E-state index is -3.69. The molecule has 0 unspecified atom stereocenters. The second kappa shape index (κ2) is 11.0. The second-order valence-corrected chi connectivity index (χ2v) is 9.21. The molecule has 0 aliphatic rings. The number of sulfonamides is 1. The van der Waals surface area contributed by atoms with Crippen LogP contribution >= 0.6 is 0 Å². The van der Waals surface area contributed by atoms with Crippen molar-refractivity contribution < 1.29 is 22.4 Å². The summed E-state index contributed by atoms with van der Waals surface area (Å²) in [6.45, 7) is 5.93. The molecule has 9 heteroatoms. The molecule has 0 fully saturated rings. The van der Waals surface area contributed by atoms with Crippen LogP contribution in [0.5, 0.6) is 0 Å². The molecule has 2 rings (SSSR count). The van der Waals surface area contributed by atoms with E-state index in [2.05, 4.69) is 15.4 Å². The first-order valence-electron chi connectivity index (χ1n) is 10.0. The Bertz CT molecular complexity index is 1020. The fourth-order valence-electron chi connectivity index (χ4n) is 2.72. The normalized spacial score (nSPS) is 11.4. The Morgan fingerprint density at radius 2 is 1.61 bits per heavy atom. The lowest BCUT2D eigenvalue weighted by Gasteiger charge is -2.10. The van der Waals surface area contributed by atoms with Gasteiger partial charge in [0.2, 0.25) is 15.9 Å². The molecule has 168 valence electrons. The van der Waals surface area contributed by atoms with E-state index in [9.17, 15) is 22.4 Å². The second-order valence-electron chi connectivity index (χ2n) is 7.44. The van der Waals surface area contributed by atoms with Crippen LogP contribution in [0, 0.1) is 12.7 Å². The number of hydrogen-bond acceptors (Lipinski definition) is 4. The Labute approximate surface area is 182 Å². The quantitative estimate of drug-likeness (QED) is 0.485. The van der Waals surface area contributed by atoms with Gasteiger partial charge in [0.1, 0.15) is 5.82 Å². The van der Waals surface area contributed by atoms with Gasteiger partial charge in [0, 0.05) is 31.6 Å². The highest BCUT2D eigenvalue weighted by Crippen LogP contribution is 2.17. The maximum absolute atomic E-state index is 13.5. The Morgan fingerprint density at radius 1 is 0.968 bits per heavy atom. The van der Waals surface area contributed by atoms with E-state index in [0.29, 0.717) is 11.5 Å². The van der Waals surface area contributed by atoms with Crippen LogP contribution in [-0.2, 0) is 14.8 Å². The minimum Gasteiger partial charge on any atom is -0.354 e. The lowest BCUT2D eigenvalue weighted by Crippen LogP contribution is -2.36. The average molecular weight is 450 g/mol. The molecule has 0 saturated carbocycles. The molecular formula is C22H28FN3O4S. The van der Waals surface area contributed by atoms with Gasteiger partial charge in [0.25, 0.3) is 5.91 Å². The van der Waals surface area contributed by atoms with Crippen molar-refractivity contribution in [2.24, 2.45) is 0 Å². The van der Waals surface area contributed by atoms with Gasteiger partial charge in [-0.2, -0.15) is 0 Å². The number of amides is 2. The smallest absolute Gasteiger partial charge is 0.251 e. The molecule has 2 amide bonds. The molecule has 0 atom stereocenters. The summed E-state index contributed by atoms with van der Waals surface area (Å²) < 4.78 is 40.5. The Hall–Kier alpha value is -2.78.